The number of hydrogen-bond acceptors (Lipinski definition) is 3. The molecule has 0 spiro atoms. The van der Waals surface area contributed by atoms with Crippen LogP contribution in [-0.2, 0) is 16.6 Å². The standard InChI is InChI=1S/C16H19BrN2O3S/c1-9(10-2-3-10)19-8-11-6-12(17)7-14(15(11)16(19)20)23(21,22)18-13-4-5-13/h6-7,9-10,13,18H,2-5,8H2,1H3. The highest BCUT2D eigenvalue weighted by atomic mass is 79.9. The number of nitrogens with one attached hydrogen (secondary N) is 1. The van der Waals surface area contributed by atoms with Crippen molar-refractivity contribution >= 4 is 31.9 Å². The molecule has 0 aromatic heterocycles. The van der Waals surface area contributed by atoms with Gasteiger partial charge in [-0.15, -0.1) is 0 Å². The highest BCUT2D eigenvalue weighted by Crippen LogP contribution is 2.40. The number of halogens is 1. The minimum absolute atomic E-state index is 0.0210. The summed E-state index contributed by atoms with van der Waals surface area (Å²) in [6.07, 6.45) is 4.04. The third-order valence-corrected chi connectivity index (χ3v) is 6.95. The number of hydrogen-bond donors (Lipinski definition) is 1. The number of fused-ring (bicyclic) bond motifs is 1. The molecule has 7 heteroatoms. The van der Waals surface area contributed by atoms with E-state index in [4.69, 9.17) is 0 Å². The third kappa shape index (κ3) is 2.83. The molecule has 0 saturated heterocycles. The van der Waals surface area contributed by atoms with Crippen LogP contribution in [0.5, 0.6) is 0 Å². The maximum absolute atomic E-state index is 12.9. The molecule has 1 aliphatic heterocycles. The number of amides is 1. The van der Waals surface area contributed by atoms with Crippen LogP contribution in [0.25, 0.3) is 0 Å². The molecule has 23 heavy (non-hydrogen) atoms. The van der Waals surface area contributed by atoms with E-state index in [2.05, 4.69) is 27.6 Å². The Morgan fingerprint density at radius 2 is 1.96 bits per heavy atom. The number of sulfonamides is 1. The van der Waals surface area contributed by atoms with Crippen molar-refractivity contribution in [3.63, 3.8) is 0 Å². The molecule has 0 radical (unpaired) electrons. The van der Waals surface area contributed by atoms with Crippen molar-refractivity contribution in [3.8, 4) is 0 Å². The van der Waals surface area contributed by atoms with Gasteiger partial charge in [-0.2, -0.15) is 0 Å². The molecule has 2 saturated carbocycles. The van der Waals surface area contributed by atoms with E-state index in [-0.39, 0.29) is 22.9 Å². The Morgan fingerprint density at radius 3 is 2.57 bits per heavy atom. The molecule has 3 aliphatic rings. The van der Waals surface area contributed by atoms with E-state index in [1.807, 2.05) is 11.0 Å². The van der Waals surface area contributed by atoms with Crippen molar-refractivity contribution in [3.05, 3.63) is 27.7 Å². The van der Waals surface area contributed by atoms with Crippen LogP contribution in [0.15, 0.2) is 21.5 Å². The Labute approximate surface area is 144 Å². The zero-order valence-electron chi connectivity index (χ0n) is 12.9. The van der Waals surface area contributed by atoms with Gasteiger partial charge in [0.2, 0.25) is 10.0 Å². The maximum atomic E-state index is 12.9. The summed E-state index contributed by atoms with van der Waals surface area (Å²) < 4.78 is 28.7. The fraction of sp³-hybridized carbons (Fsp3) is 0.562. The largest absolute Gasteiger partial charge is 0.331 e. The van der Waals surface area contributed by atoms with Crippen LogP contribution in [0.4, 0.5) is 0 Å². The molecule has 124 valence electrons. The summed E-state index contributed by atoms with van der Waals surface area (Å²) in [5.41, 5.74) is 1.15. The molecule has 1 aromatic rings. The van der Waals surface area contributed by atoms with E-state index in [0.717, 1.165) is 31.2 Å². The van der Waals surface area contributed by atoms with Gasteiger partial charge in [-0.25, -0.2) is 13.1 Å². The fourth-order valence-electron chi connectivity index (χ4n) is 3.26. The quantitative estimate of drug-likeness (QED) is 0.828. The summed E-state index contributed by atoms with van der Waals surface area (Å²) >= 11 is 3.39. The van der Waals surface area contributed by atoms with E-state index < -0.39 is 10.0 Å². The monoisotopic (exact) mass is 398 g/mol. The van der Waals surface area contributed by atoms with Crippen LogP contribution in [0, 0.1) is 5.92 Å². The number of carbonyl (C=O) groups excluding carboxylic acids is 1. The Hall–Kier alpha value is -0.920. The van der Waals surface area contributed by atoms with Gasteiger partial charge >= 0.3 is 0 Å². The predicted octanol–water partition coefficient (Wildman–Crippen LogP) is 2.64. The highest BCUT2D eigenvalue weighted by molar-refractivity contribution is 9.10. The van der Waals surface area contributed by atoms with Crippen molar-refractivity contribution in [2.24, 2.45) is 5.92 Å². The maximum Gasteiger partial charge on any atom is 0.256 e. The minimum atomic E-state index is -3.66. The Kier molecular flexibility index (Phi) is 3.59. The van der Waals surface area contributed by atoms with E-state index in [0.29, 0.717) is 22.5 Å². The molecule has 1 aromatic carbocycles. The molecular weight excluding hydrogens is 380 g/mol. The number of benzene rings is 1. The zero-order chi connectivity index (χ0) is 16.4. The molecule has 1 N–H and O–H groups in total. The Bertz CT molecular complexity index is 785. The third-order valence-electron chi connectivity index (χ3n) is 4.95. The van der Waals surface area contributed by atoms with Crippen molar-refractivity contribution < 1.29 is 13.2 Å². The van der Waals surface area contributed by atoms with Crippen LogP contribution in [0.3, 0.4) is 0 Å². The second-order valence-corrected chi connectivity index (χ2v) is 9.44. The first-order chi connectivity index (χ1) is 10.9. The molecule has 1 heterocycles. The Morgan fingerprint density at radius 1 is 1.26 bits per heavy atom. The lowest BCUT2D eigenvalue weighted by molar-refractivity contribution is 0.0694. The lowest BCUT2D eigenvalue weighted by Gasteiger charge is -2.24. The van der Waals surface area contributed by atoms with Gasteiger partial charge in [0.05, 0.1) is 10.5 Å². The van der Waals surface area contributed by atoms with Crippen molar-refractivity contribution in [1.29, 1.82) is 0 Å². The van der Waals surface area contributed by atoms with Gasteiger partial charge in [-0.1, -0.05) is 15.9 Å². The normalized spacial score (nSPS) is 22.3. The number of carbonyl (C=O) groups is 1. The number of rotatable bonds is 5. The van der Waals surface area contributed by atoms with Gasteiger partial charge in [0.1, 0.15) is 0 Å². The van der Waals surface area contributed by atoms with Gasteiger partial charge in [-0.3, -0.25) is 4.79 Å². The summed E-state index contributed by atoms with van der Waals surface area (Å²) in [5, 5.41) is 0. The molecule has 1 atom stereocenters. The molecule has 1 amide bonds. The molecule has 2 aliphatic carbocycles. The molecule has 4 rings (SSSR count). The van der Waals surface area contributed by atoms with Gasteiger partial charge in [0.25, 0.3) is 5.91 Å². The average molecular weight is 399 g/mol. The molecule has 0 bridgehead atoms. The summed E-state index contributed by atoms with van der Waals surface area (Å²) in [7, 11) is -3.66. The predicted molar refractivity (Wildman–Crippen MR) is 89.5 cm³/mol. The molecule has 2 fully saturated rings. The van der Waals surface area contributed by atoms with Crippen LogP contribution < -0.4 is 4.72 Å². The first-order valence-corrected chi connectivity index (χ1v) is 10.3. The highest BCUT2D eigenvalue weighted by Gasteiger charge is 2.41. The minimum Gasteiger partial charge on any atom is -0.331 e. The van der Waals surface area contributed by atoms with Crippen LogP contribution in [-0.4, -0.2) is 31.3 Å². The van der Waals surface area contributed by atoms with Crippen LogP contribution in [0.1, 0.15) is 48.5 Å². The fourth-order valence-corrected chi connectivity index (χ4v) is 5.49. The summed E-state index contributed by atoms with van der Waals surface area (Å²) in [4.78, 5) is 14.8. The van der Waals surface area contributed by atoms with Crippen molar-refractivity contribution in [2.45, 2.75) is 56.1 Å². The molecular formula is C16H19BrN2O3S. The summed E-state index contributed by atoms with van der Waals surface area (Å²) in [6.45, 7) is 2.56. The van der Waals surface area contributed by atoms with E-state index in [9.17, 15) is 13.2 Å². The van der Waals surface area contributed by atoms with Gasteiger partial charge in [-0.05, 0) is 56.2 Å². The SMILES string of the molecule is CC(C1CC1)N1Cc2cc(Br)cc(S(=O)(=O)NC3CC3)c2C1=O. The van der Waals surface area contributed by atoms with E-state index in [1.165, 1.54) is 0 Å². The lowest BCUT2D eigenvalue weighted by atomic mass is 10.1. The second-order valence-electron chi connectivity index (χ2n) is 6.84. The lowest BCUT2D eigenvalue weighted by Crippen LogP contribution is -2.35. The first kappa shape index (κ1) is 15.6. The first-order valence-electron chi connectivity index (χ1n) is 8.02. The second kappa shape index (κ2) is 5.29. The summed E-state index contributed by atoms with van der Waals surface area (Å²) in [5.74, 6) is 0.407. The van der Waals surface area contributed by atoms with Crippen molar-refractivity contribution in [2.75, 3.05) is 0 Å². The van der Waals surface area contributed by atoms with Gasteiger partial charge < -0.3 is 4.90 Å². The van der Waals surface area contributed by atoms with Gasteiger partial charge in [0, 0.05) is 23.1 Å². The zero-order valence-corrected chi connectivity index (χ0v) is 15.3. The average Bonchev–Trinajstić information content (AvgIpc) is 3.37. The van der Waals surface area contributed by atoms with Crippen molar-refractivity contribution in [1.82, 2.24) is 9.62 Å². The smallest absolute Gasteiger partial charge is 0.256 e. The van der Waals surface area contributed by atoms with Crippen LogP contribution >= 0.6 is 15.9 Å². The van der Waals surface area contributed by atoms with Gasteiger partial charge in [0.15, 0.2) is 0 Å². The van der Waals surface area contributed by atoms with E-state index >= 15 is 0 Å². The Balaban J connectivity index is 1.74. The molecule has 5 nitrogen and oxygen atoms in total. The van der Waals surface area contributed by atoms with Crippen LogP contribution in [0.2, 0.25) is 0 Å². The summed E-state index contributed by atoms with van der Waals surface area (Å²) in [6, 6.07) is 3.60. The topological polar surface area (TPSA) is 66.5 Å². The number of nitrogens with zero attached hydrogens (tertiary/aromatic N) is 1. The van der Waals surface area contributed by atoms with E-state index in [1.54, 1.807) is 6.07 Å². The molecule has 1 unspecified atom stereocenters.